The van der Waals surface area contributed by atoms with Crippen LogP contribution in [0.5, 0.6) is 0 Å². The van der Waals surface area contributed by atoms with Crippen molar-refractivity contribution in [3.05, 3.63) is 78.6 Å². The van der Waals surface area contributed by atoms with E-state index >= 15 is 0 Å². The van der Waals surface area contributed by atoms with Crippen molar-refractivity contribution >= 4 is 28.1 Å². The average Bonchev–Trinajstić information content (AvgIpc) is 3.10. The van der Waals surface area contributed by atoms with Gasteiger partial charge in [-0.3, -0.25) is 10.00 Å². The average molecular weight is 341 g/mol. The highest BCUT2D eigenvalue weighted by Crippen LogP contribution is 2.35. The van der Waals surface area contributed by atoms with Gasteiger partial charge in [0, 0.05) is 29.0 Å². The van der Waals surface area contributed by atoms with Gasteiger partial charge < -0.3 is 0 Å². The number of fused-ring (bicyclic) bond motifs is 1. The Bertz CT molecular complexity index is 1010. The number of benzene rings is 2. The van der Waals surface area contributed by atoms with Gasteiger partial charge in [-0.25, -0.2) is 4.98 Å². The third kappa shape index (κ3) is 3.06. The van der Waals surface area contributed by atoms with E-state index in [0.29, 0.717) is 0 Å². The van der Waals surface area contributed by atoms with E-state index in [2.05, 4.69) is 89.4 Å². The van der Waals surface area contributed by atoms with Gasteiger partial charge in [0.15, 0.2) is 0 Å². The zero-order chi connectivity index (χ0) is 18.1. The molecule has 0 unspecified atom stereocenters. The molecule has 2 aromatic carbocycles. The van der Waals surface area contributed by atoms with E-state index < -0.39 is 0 Å². The van der Waals surface area contributed by atoms with Crippen molar-refractivity contribution in [1.82, 2.24) is 15.2 Å². The Balaban J connectivity index is 1.83. The summed E-state index contributed by atoms with van der Waals surface area (Å²) in [5.41, 5.74) is 4.48. The van der Waals surface area contributed by atoms with Gasteiger partial charge in [0.2, 0.25) is 0 Å². The first-order valence-electron chi connectivity index (χ1n) is 8.69. The molecule has 0 spiro atoms. The molecule has 26 heavy (non-hydrogen) atoms. The molecule has 0 amide bonds. The Labute approximate surface area is 153 Å². The molecule has 4 nitrogen and oxygen atoms in total. The lowest BCUT2D eigenvalue weighted by Crippen LogP contribution is -2.13. The van der Waals surface area contributed by atoms with Crippen molar-refractivity contribution < 1.29 is 0 Å². The van der Waals surface area contributed by atoms with Crippen LogP contribution in [0.1, 0.15) is 26.3 Å². The molecule has 0 aliphatic carbocycles. The summed E-state index contributed by atoms with van der Waals surface area (Å²) in [5, 5.41) is 8.24. The second-order valence-electron chi connectivity index (χ2n) is 7.38. The highest BCUT2D eigenvalue weighted by molar-refractivity contribution is 5.85. The summed E-state index contributed by atoms with van der Waals surface area (Å²) in [6.07, 6.45) is 3.62. The Hall–Kier alpha value is -3.14. The normalized spacial score (nSPS) is 11.7. The molecule has 2 aromatic heterocycles. The summed E-state index contributed by atoms with van der Waals surface area (Å²) in [4.78, 5) is 6.62. The highest BCUT2D eigenvalue weighted by Gasteiger charge is 2.17. The Kier molecular flexibility index (Phi) is 3.96. The maximum Gasteiger partial charge on any atom is 0.145 e. The van der Waals surface area contributed by atoms with Gasteiger partial charge >= 0.3 is 0 Å². The van der Waals surface area contributed by atoms with Crippen LogP contribution in [0.3, 0.4) is 0 Å². The number of nitrogens with zero attached hydrogens (tertiary/aromatic N) is 3. The van der Waals surface area contributed by atoms with Crippen molar-refractivity contribution in [3.63, 3.8) is 0 Å². The summed E-state index contributed by atoms with van der Waals surface area (Å²) in [6.45, 7) is 6.66. The number of aromatic nitrogens is 3. The fraction of sp³-hybridized carbons (Fsp3) is 0.182. The minimum atomic E-state index is 0.120. The number of nitrogens with one attached hydrogen (secondary N) is 1. The van der Waals surface area contributed by atoms with E-state index in [-0.39, 0.29) is 5.41 Å². The van der Waals surface area contributed by atoms with Crippen LogP contribution in [0.25, 0.3) is 10.9 Å². The van der Waals surface area contributed by atoms with Gasteiger partial charge in [0.25, 0.3) is 0 Å². The van der Waals surface area contributed by atoms with Gasteiger partial charge in [0.05, 0.1) is 11.7 Å². The molecule has 4 rings (SSSR count). The Morgan fingerprint density at radius 3 is 2.46 bits per heavy atom. The van der Waals surface area contributed by atoms with Crippen molar-refractivity contribution in [3.8, 4) is 0 Å². The number of pyridine rings is 1. The lowest BCUT2D eigenvalue weighted by atomic mass is 9.87. The fourth-order valence-corrected chi connectivity index (χ4v) is 3.01. The minimum Gasteiger partial charge on any atom is -0.294 e. The molecular formula is C22H21N4. The molecule has 1 radical (unpaired) electrons. The zero-order valence-electron chi connectivity index (χ0n) is 15.2. The molecule has 0 aliphatic rings. The van der Waals surface area contributed by atoms with Crippen LogP contribution in [0.4, 0.5) is 17.2 Å². The lowest BCUT2D eigenvalue weighted by Gasteiger charge is -2.25. The first-order valence-corrected chi connectivity index (χ1v) is 8.69. The summed E-state index contributed by atoms with van der Waals surface area (Å²) < 4.78 is 0. The monoisotopic (exact) mass is 341 g/mol. The molecule has 0 bridgehead atoms. The van der Waals surface area contributed by atoms with Crippen LogP contribution in [0.2, 0.25) is 0 Å². The third-order valence-corrected chi connectivity index (χ3v) is 4.48. The lowest BCUT2D eigenvalue weighted by molar-refractivity contribution is 0.590. The van der Waals surface area contributed by atoms with Gasteiger partial charge in [0.1, 0.15) is 5.82 Å². The van der Waals surface area contributed by atoms with E-state index in [1.165, 1.54) is 5.56 Å². The number of hydrogen-bond acceptors (Lipinski definition) is 3. The van der Waals surface area contributed by atoms with Crippen molar-refractivity contribution in [2.45, 2.75) is 26.2 Å². The molecule has 0 saturated carbocycles. The standard InChI is InChI=1S/C22H21N4/c1-22(2,3)17-8-11-18(12-9-17)26(21-6-4-5-13-23-21)19-10-7-16-15-24-25-20(16)14-19/h4-5,7-15H,1-3H3,(H,24,25). The molecule has 4 heteroatoms. The van der Waals surface area contributed by atoms with E-state index in [1.54, 1.807) is 6.20 Å². The van der Waals surface area contributed by atoms with Crippen LogP contribution in [0.15, 0.2) is 67.0 Å². The van der Waals surface area contributed by atoms with Crippen LogP contribution >= 0.6 is 0 Å². The van der Waals surface area contributed by atoms with Crippen LogP contribution in [0, 0.1) is 6.07 Å². The molecular weight excluding hydrogens is 320 g/mol. The third-order valence-electron chi connectivity index (χ3n) is 4.48. The largest absolute Gasteiger partial charge is 0.294 e. The smallest absolute Gasteiger partial charge is 0.145 e. The summed E-state index contributed by atoms with van der Waals surface area (Å²) >= 11 is 0. The van der Waals surface area contributed by atoms with Gasteiger partial charge in [-0.2, -0.15) is 5.10 Å². The van der Waals surface area contributed by atoms with Crippen molar-refractivity contribution in [2.75, 3.05) is 4.90 Å². The van der Waals surface area contributed by atoms with Gasteiger partial charge in [-0.1, -0.05) is 32.9 Å². The van der Waals surface area contributed by atoms with E-state index in [9.17, 15) is 0 Å². The first-order chi connectivity index (χ1) is 12.5. The van der Waals surface area contributed by atoms with Gasteiger partial charge in [-0.15, -0.1) is 0 Å². The molecule has 1 N–H and O–H groups in total. The number of anilines is 3. The number of H-pyrrole nitrogens is 1. The predicted molar refractivity (Wildman–Crippen MR) is 106 cm³/mol. The Morgan fingerprint density at radius 1 is 1.00 bits per heavy atom. The second-order valence-corrected chi connectivity index (χ2v) is 7.38. The summed E-state index contributed by atoms with van der Waals surface area (Å²) in [5.74, 6) is 0.759. The number of hydrogen-bond donors (Lipinski definition) is 1. The SMILES string of the molecule is CC(C)(C)c1ccc(N(c2ccc3cn[nH]c3c2)c2[c]cccn2)cc1. The maximum absolute atomic E-state index is 4.52. The first kappa shape index (κ1) is 16.3. The summed E-state index contributed by atoms with van der Waals surface area (Å²) in [6, 6.07) is 21.9. The zero-order valence-corrected chi connectivity index (χ0v) is 15.2. The van der Waals surface area contributed by atoms with Crippen LogP contribution in [-0.2, 0) is 5.41 Å². The number of aromatic amines is 1. The van der Waals surface area contributed by atoms with Crippen molar-refractivity contribution in [2.24, 2.45) is 0 Å². The van der Waals surface area contributed by atoms with Gasteiger partial charge in [-0.05, 0) is 53.4 Å². The molecule has 0 atom stereocenters. The van der Waals surface area contributed by atoms with E-state index in [0.717, 1.165) is 28.1 Å². The predicted octanol–water partition coefficient (Wildman–Crippen LogP) is 5.53. The maximum atomic E-state index is 4.52. The minimum absolute atomic E-state index is 0.120. The quantitative estimate of drug-likeness (QED) is 0.533. The fourth-order valence-electron chi connectivity index (χ4n) is 3.01. The molecule has 129 valence electrons. The van der Waals surface area contributed by atoms with Crippen molar-refractivity contribution in [1.29, 1.82) is 0 Å². The van der Waals surface area contributed by atoms with Crippen LogP contribution < -0.4 is 4.90 Å². The summed E-state index contributed by atoms with van der Waals surface area (Å²) in [7, 11) is 0. The highest BCUT2D eigenvalue weighted by atomic mass is 15.2. The molecule has 2 heterocycles. The molecule has 0 fully saturated rings. The molecule has 0 aliphatic heterocycles. The van der Waals surface area contributed by atoms with E-state index in [4.69, 9.17) is 0 Å². The van der Waals surface area contributed by atoms with Crippen LogP contribution in [-0.4, -0.2) is 15.2 Å². The Morgan fingerprint density at radius 2 is 1.77 bits per heavy atom. The van der Waals surface area contributed by atoms with E-state index in [1.807, 2.05) is 18.3 Å². The topological polar surface area (TPSA) is 44.8 Å². The molecule has 0 saturated heterocycles. The molecule has 4 aromatic rings. The second kappa shape index (κ2) is 6.30. The number of rotatable bonds is 3.